The van der Waals surface area contributed by atoms with E-state index in [-0.39, 0.29) is 11.7 Å². The van der Waals surface area contributed by atoms with Gasteiger partial charge < -0.3 is 14.6 Å². The molecule has 0 unspecified atom stereocenters. The molecular formula is C24H24ClN5O2S2. The van der Waals surface area contributed by atoms with Gasteiger partial charge in [0.25, 0.3) is 0 Å². The van der Waals surface area contributed by atoms with Crippen LogP contribution in [0, 0.1) is 13.8 Å². The van der Waals surface area contributed by atoms with Crippen LogP contribution in [0.3, 0.4) is 0 Å². The van der Waals surface area contributed by atoms with Crippen LogP contribution in [0.2, 0.25) is 5.02 Å². The molecule has 176 valence electrons. The van der Waals surface area contributed by atoms with Crippen LogP contribution < -0.4 is 10.1 Å². The molecule has 0 spiro atoms. The van der Waals surface area contributed by atoms with E-state index in [0.717, 1.165) is 34.0 Å². The Bertz CT molecular complexity index is 1290. The number of hydrogen-bond acceptors (Lipinski definition) is 7. The predicted octanol–water partition coefficient (Wildman–Crippen LogP) is 6.00. The van der Waals surface area contributed by atoms with Gasteiger partial charge in [0.1, 0.15) is 12.4 Å². The third-order valence-electron chi connectivity index (χ3n) is 5.03. The number of aryl methyl sites for hydroxylation is 2. The van der Waals surface area contributed by atoms with Gasteiger partial charge in [-0.15, -0.1) is 21.5 Å². The Morgan fingerprint density at radius 3 is 2.74 bits per heavy atom. The molecule has 4 aromatic rings. The standard InChI is InChI=1S/C24H24ClN5O2S2/c1-4-30-21(12-32-20-11-15(2)5-6-16(20)3)28-29-24(30)34-14-22(31)27-23-26-19(13-33-23)17-7-9-18(25)10-8-17/h5-11,13H,4,12,14H2,1-3H3,(H,26,27,31). The number of halogens is 1. The normalized spacial score (nSPS) is 10.9. The summed E-state index contributed by atoms with van der Waals surface area (Å²) in [6.45, 7) is 7.05. The molecule has 2 heterocycles. The van der Waals surface area contributed by atoms with Gasteiger partial charge in [-0.25, -0.2) is 4.98 Å². The quantitative estimate of drug-likeness (QED) is 0.276. The molecule has 0 radical (unpaired) electrons. The summed E-state index contributed by atoms with van der Waals surface area (Å²) in [7, 11) is 0. The van der Waals surface area contributed by atoms with Gasteiger partial charge in [0, 0.05) is 22.5 Å². The van der Waals surface area contributed by atoms with Crippen molar-refractivity contribution in [3.8, 4) is 17.0 Å². The predicted molar refractivity (Wildman–Crippen MR) is 138 cm³/mol. The lowest BCUT2D eigenvalue weighted by molar-refractivity contribution is -0.113. The van der Waals surface area contributed by atoms with Crippen LogP contribution in [0.5, 0.6) is 5.75 Å². The number of carbonyl (C=O) groups is 1. The van der Waals surface area contributed by atoms with Crippen molar-refractivity contribution in [3.05, 3.63) is 69.8 Å². The summed E-state index contributed by atoms with van der Waals surface area (Å²) >= 11 is 8.66. The first-order valence-corrected chi connectivity index (χ1v) is 12.9. The van der Waals surface area contributed by atoms with E-state index in [9.17, 15) is 4.79 Å². The first-order chi connectivity index (χ1) is 16.4. The minimum Gasteiger partial charge on any atom is -0.485 e. The zero-order chi connectivity index (χ0) is 24.1. The Hall–Kier alpha value is -2.88. The number of aromatic nitrogens is 4. The number of thiazole rings is 1. The van der Waals surface area contributed by atoms with Crippen molar-refractivity contribution in [2.24, 2.45) is 0 Å². The Morgan fingerprint density at radius 1 is 1.18 bits per heavy atom. The van der Waals surface area contributed by atoms with Gasteiger partial charge >= 0.3 is 0 Å². The minimum atomic E-state index is -0.152. The largest absolute Gasteiger partial charge is 0.485 e. The molecule has 7 nitrogen and oxygen atoms in total. The SMILES string of the molecule is CCn1c(COc2cc(C)ccc2C)nnc1SCC(=O)Nc1nc(-c2ccc(Cl)cc2)cs1. The summed E-state index contributed by atoms with van der Waals surface area (Å²) in [6, 6.07) is 13.5. The summed E-state index contributed by atoms with van der Waals surface area (Å²) in [5, 5.41) is 15.2. The first kappa shape index (κ1) is 24.3. The van der Waals surface area contributed by atoms with E-state index in [0.29, 0.717) is 28.5 Å². The lowest BCUT2D eigenvalue weighted by atomic mass is 10.1. The second kappa shape index (κ2) is 11.0. The molecular weight excluding hydrogens is 490 g/mol. The lowest BCUT2D eigenvalue weighted by Crippen LogP contribution is -2.14. The Morgan fingerprint density at radius 2 is 1.97 bits per heavy atom. The average molecular weight is 514 g/mol. The zero-order valence-electron chi connectivity index (χ0n) is 19.0. The molecule has 0 atom stereocenters. The molecule has 0 aliphatic carbocycles. The molecule has 10 heteroatoms. The van der Waals surface area contributed by atoms with E-state index in [1.165, 1.54) is 23.1 Å². The topological polar surface area (TPSA) is 81.9 Å². The maximum Gasteiger partial charge on any atom is 0.236 e. The van der Waals surface area contributed by atoms with Gasteiger partial charge in [-0.3, -0.25) is 4.79 Å². The summed E-state index contributed by atoms with van der Waals surface area (Å²) in [6.07, 6.45) is 0. The van der Waals surface area contributed by atoms with Crippen LogP contribution >= 0.6 is 34.7 Å². The molecule has 2 aromatic heterocycles. The van der Waals surface area contributed by atoms with Gasteiger partial charge in [0.2, 0.25) is 5.91 Å². The molecule has 4 rings (SSSR count). The summed E-state index contributed by atoms with van der Waals surface area (Å²) in [5.41, 5.74) is 3.95. The van der Waals surface area contributed by atoms with Crippen LogP contribution in [0.25, 0.3) is 11.3 Å². The third kappa shape index (κ3) is 5.97. The van der Waals surface area contributed by atoms with Gasteiger partial charge in [0.05, 0.1) is 11.4 Å². The van der Waals surface area contributed by atoms with E-state index in [2.05, 4.69) is 26.6 Å². The van der Waals surface area contributed by atoms with E-state index in [1.807, 2.05) is 67.1 Å². The molecule has 0 aliphatic rings. The average Bonchev–Trinajstić information content (AvgIpc) is 3.45. The number of anilines is 1. The number of ether oxygens (including phenoxy) is 1. The number of rotatable bonds is 9. The highest BCUT2D eigenvalue weighted by molar-refractivity contribution is 7.99. The number of hydrogen-bond donors (Lipinski definition) is 1. The number of nitrogens with one attached hydrogen (secondary N) is 1. The van der Waals surface area contributed by atoms with Gasteiger partial charge in [-0.05, 0) is 50.1 Å². The van der Waals surface area contributed by atoms with Crippen LogP contribution in [0.1, 0.15) is 23.9 Å². The van der Waals surface area contributed by atoms with E-state index < -0.39 is 0 Å². The molecule has 0 bridgehead atoms. The molecule has 34 heavy (non-hydrogen) atoms. The van der Waals surface area contributed by atoms with E-state index in [1.54, 1.807) is 0 Å². The first-order valence-electron chi connectivity index (χ1n) is 10.7. The molecule has 0 saturated heterocycles. The molecule has 1 N–H and O–H groups in total. The fraction of sp³-hybridized carbons (Fsp3) is 0.250. The van der Waals surface area contributed by atoms with Crippen molar-refractivity contribution < 1.29 is 9.53 Å². The highest BCUT2D eigenvalue weighted by Crippen LogP contribution is 2.27. The highest BCUT2D eigenvalue weighted by Gasteiger charge is 2.15. The fourth-order valence-electron chi connectivity index (χ4n) is 3.23. The van der Waals surface area contributed by atoms with Crippen molar-refractivity contribution >= 4 is 45.7 Å². The molecule has 0 saturated carbocycles. The molecule has 1 amide bonds. The zero-order valence-corrected chi connectivity index (χ0v) is 21.4. The summed E-state index contributed by atoms with van der Waals surface area (Å²) in [5.74, 6) is 1.60. The Kier molecular flexibility index (Phi) is 7.87. The van der Waals surface area contributed by atoms with Crippen LogP contribution in [0.4, 0.5) is 5.13 Å². The van der Waals surface area contributed by atoms with Gasteiger partial charge in [-0.2, -0.15) is 0 Å². The highest BCUT2D eigenvalue weighted by atomic mass is 35.5. The number of thioether (sulfide) groups is 1. The van der Waals surface area contributed by atoms with E-state index >= 15 is 0 Å². The van der Waals surface area contributed by atoms with E-state index in [4.69, 9.17) is 16.3 Å². The maximum atomic E-state index is 12.5. The second-order valence-corrected chi connectivity index (χ2v) is 9.82. The Labute approximate surface area is 211 Å². The van der Waals surface area contributed by atoms with Crippen molar-refractivity contribution in [3.63, 3.8) is 0 Å². The second-order valence-electron chi connectivity index (χ2n) is 7.58. The number of benzene rings is 2. The molecule has 0 aliphatic heterocycles. The van der Waals surface area contributed by atoms with Crippen molar-refractivity contribution in [2.45, 2.75) is 39.1 Å². The van der Waals surface area contributed by atoms with Crippen LogP contribution in [0.15, 0.2) is 53.0 Å². The lowest BCUT2D eigenvalue weighted by Gasteiger charge is -2.11. The monoisotopic (exact) mass is 513 g/mol. The number of nitrogens with zero attached hydrogens (tertiary/aromatic N) is 4. The molecule has 2 aromatic carbocycles. The molecule has 0 fully saturated rings. The van der Waals surface area contributed by atoms with Crippen molar-refractivity contribution in [1.29, 1.82) is 0 Å². The van der Waals surface area contributed by atoms with Gasteiger partial charge in [0.15, 0.2) is 16.1 Å². The van der Waals surface area contributed by atoms with Crippen molar-refractivity contribution in [2.75, 3.05) is 11.1 Å². The smallest absolute Gasteiger partial charge is 0.236 e. The number of amides is 1. The minimum absolute atomic E-state index is 0.152. The van der Waals surface area contributed by atoms with Crippen molar-refractivity contribution in [1.82, 2.24) is 19.7 Å². The fourth-order valence-corrected chi connectivity index (χ4v) is 4.91. The maximum absolute atomic E-state index is 12.5. The third-order valence-corrected chi connectivity index (χ3v) is 7.01. The summed E-state index contributed by atoms with van der Waals surface area (Å²) in [4.78, 5) is 17.0. The van der Waals surface area contributed by atoms with Crippen LogP contribution in [-0.4, -0.2) is 31.4 Å². The van der Waals surface area contributed by atoms with Gasteiger partial charge in [-0.1, -0.05) is 47.6 Å². The Balaban J connectivity index is 1.33. The van der Waals surface area contributed by atoms with Crippen LogP contribution in [-0.2, 0) is 17.9 Å². The number of carbonyl (C=O) groups excluding carboxylic acids is 1. The summed E-state index contributed by atoms with van der Waals surface area (Å²) < 4.78 is 7.95.